The molecule has 7 nitrogen and oxygen atoms in total. The van der Waals surface area contributed by atoms with Gasteiger partial charge in [0.2, 0.25) is 0 Å². The Morgan fingerprint density at radius 1 is 1.52 bits per heavy atom. The van der Waals surface area contributed by atoms with Crippen LogP contribution in [0.15, 0.2) is 18.2 Å². The first kappa shape index (κ1) is 15.2. The second-order valence-electron chi connectivity index (χ2n) is 5.77. The van der Waals surface area contributed by atoms with Crippen molar-refractivity contribution in [3.05, 3.63) is 33.9 Å². The largest absolute Gasteiger partial charge is 0.478 e. The standard InChI is InChI=1S/C14H18N2O5/c1-14(2)11(7-12(14)21-3)15-10-5-4-8(16(19)20)6-9(10)13(17)18/h4-6,11-12,15H,7H2,1-3H3,(H,17,18). The van der Waals surface area contributed by atoms with Gasteiger partial charge < -0.3 is 15.2 Å². The van der Waals surface area contributed by atoms with Gasteiger partial charge in [-0.2, -0.15) is 0 Å². The SMILES string of the molecule is COC1CC(Nc2ccc([N+](=O)[O-])cc2C(=O)O)C1(C)C. The molecular formula is C14H18N2O5. The fourth-order valence-electron chi connectivity index (χ4n) is 2.67. The van der Waals surface area contributed by atoms with Gasteiger partial charge in [-0.05, 0) is 12.5 Å². The van der Waals surface area contributed by atoms with Gasteiger partial charge >= 0.3 is 5.97 Å². The molecule has 21 heavy (non-hydrogen) atoms. The average Bonchev–Trinajstić information content (AvgIpc) is 2.42. The summed E-state index contributed by atoms with van der Waals surface area (Å²) >= 11 is 0. The number of nitrogens with one attached hydrogen (secondary N) is 1. The van der Waals surface area contributed by atoms with Gasteiger partial charge in [0.05, 0.1) is 16.6 Å². The number of carbonyl (C=O) groups is 1. The summed E-state index contributed by atoms with van der Waals surface area (Å²) in [5, 5.41) is 23.1. The second kappa shape index (κ2) is 5.33. The van der Waals surface area contributed by atoms with Crippen molar-refractivity contribution in [3.63, 3.8) is 0 Å². The molecule has 1 aromatic carbocycles. The summed E-state index contributed by atoms with van der Waals surface area (Å²) in [4.78, 5) is 21.4. The van der Waals surface area contributed by atoms with E-state index in [9.17, 15) is 20.0 Å². The highest BCUT2D eigenvalue weighted by Crippen LogP contribution is 2.44. The number of non-ortho nitro benzene ring substituents is 1. The van der Waals surface area contributed by atoms with E-state index in [4.69, 9.17) is 4.74 Å². The third-order valence-corrected chi connectivity index (χ3v) is 4.24. The van der Waals surface area contributed by atoms with Gasteiger partial charge in [0.1, 0.15) is 0 Å². The number of nitrogens with zero attached hydrogens (tertiary/aromatic N) is 1. The van der Waals surface area contributed by atoms with Gasteiger partial charge in [-0.25, -0.2) is 4.79 Å². The molecule has 0 heterocycles. The van der Waals surface area contributed by atoms with Crippen molar-refractivity contribution in [1.29, 1.82) is 0 Å². The number of aromatic carboxylic acids is 1. The predicted molar refractivity (Wildman–Crippen MR) is 76.7 cm³/mol. The Bertz CT molecular complexity index is 585. The summed E-state index contributed by atoms with van der Waals surface area (Å²) in [5.74, 6) is -1.19. The summed E-state index contributed by atoms with van der Waals surface area (Å²) in [6.07, 6.45) is 0.876. The Morgan fingerprint density at radius 2 is 2.19 bits per heavy atom. The normalized spacial score (nSPS) is 23.2. The molecule has 0 radical (unpaired) electrons. The molecule has 0 amide bonds. The van der Waals surface area contributed by atoms with Crippen LogP contribution in [0.1, 0.15) is 30.6 Å². The maximum atomic E-state index is 11.3. The average molecular weight is 294 g/mol. The van der Waals surface area contributed by atoms with Crippen molar-refractivity contribution in [1.82, 2.24) is 0 Å². The molecule has 1 aromatic rings. The van der Waals surface area contributed by atoms with Crippen LogP contribution in [0.4, 0.5) is 11.4 Å². The Labute approximate surface area is 122 Å². The van der Waals surface area contributed by atoms with Crippen LogP contribution in [0, 0.1) is 15.5 Å². The van der Waals surface area contributed by atoms with Gasteiger partial charge in [0.25, 0.3) is 5.69 Å². The quantitative estimate of drug-likeness (QED) is 0.639. The van der Waals surface area contributed by atoms with Crippen molar-refractivity contribution in [2.75, 3.05) is 12.4 Å². The summed E-state index contributed by atoms with van der Waals surface area (Å²) < 4.78 is 5.35. The number of anilines is 1. The zero-order valence-electron chi connectivity index (χ0n) is 12.1. The summed E-state index contributed by atoms with van der Waals surface area (Å²) in [5.41, 5.74) is -0.0751. The fourth-order valence-corrected chi connectivity index (χ4v) is 2.67. The predicted octanol–water partition coefficient (Wildman–Crippen LogP) is 2.52. The second-order valence-corrected chi connectivity index (χ2v) is 5.77. The molecule has 0 aliphatic heterocycles. The lowest BCUT2D eigenvalue weighted by atomic mass is 9.64. The Morgan fingerprint density at radius 3 is 2.67 bits per heavy atom. The molecule has 1 aliphatic rings. The topological polar surface area (TPSA) is 102 Å². The van der Waals surface area contributed by atoms with E-state index in [2.05, 4.69) is 5.32 Å². The molecule has 0 saturated heterocycles. The lowest BCUT2D eigenvalue weighted by Gasteiger charge is -2.51. The number of nitro benzene ring substituents is 1. The van der Waals surface area contributed by atoms with E-state index in [1.54, 1.807) is 7.11 Å². The van der Waals surface area contributed by atoms with Crippen LogP contribution >= 0.6 is 0 Å². The van der Waals surface area contributed by atoms with Crippen molar-refractivity contribution in [3.8, 4) is 0 Å². The van der Waals surface area contributed by atoms with Crippen LogP contribution in [0.25, 0.3) is 0 Å². The number of ether oxygens (including phenoxy) is 1. The lowest BCUT2D eigenvalue weighted by molar-refractivity contribution is -0.384. The number of benzene rings is 1. The highest BCUT2D eigenvalue weighted by Gasteiger charge is 2.48. The van der Waals surface area contributed by atoms with Crippen molar-refractivity contribution >= 4 is 17.3 Å². The fraction of sp³-hybridized carbons (Fsp3) is 0.500. The maximum absolute atomic E-state index is 11.3. The number of methoxy groups -OCH3 is 1. The minimum atomic E-state index is -1.19. The summed E-state index contributed by atoms with van der Waals surface area (Å²) in [7, 11) is 1.65. The van der Waals surface area contributed by atoms with Crippen LogP contribution in [-0.2, 0) is 4.74 Å². The van der Waals surface area contributed by atoms with E-state index in [0.29, 0.717) is 5.69 Å². The molecule has 2 rings (SSSR count). The first-order valence-electron chi connectivity index (χ1n) is 6.58. The zero-order chi connectivity index (χ0) is 15.8. The molecule has 2 unspecified atom stereocenters. The lowest BCUT2D eigenvalue weighted by Crippen LogP contribution is -2.57. The van der Waals surface area contributed by atoms with Gasteiger partial charge in [0, 0.05) is 36.4 Å². The molecule has 2 N–H and O–H groups in total. The van der Waals surface area contributed by atoms with E-state index in [1.807, 2.05) is 13.8 Å². The molecule has 1 saturated carbocycles. The molecule has 114 valence electrons. The van der Waals surface area contributed by atoms with Crippen LogP contribution in [-0.4, -0.2) is 35.3 Å². The van der Waals surface area contributed by atoms with Gasteiger partial charge in [-0.15, -0.1) is 0 Å². The maximum Gasteiger partial charge on any atom is 0.338 e. The van der Waals surface area contributed by atoms with Gasteiger partial charge in [-0.1, -0.05) is 13.8 Å². The van der Waals surface area contributed by atoms with E-state index < -0.39 is 10.9 Å². The zero-order valence-corrected chi connectivity index (χ0v) is 12.1. The Kier molecular flexibility index (Phi) is 3.87. The van der Waals surface area contributed by atoms with Crippen LogP contribution < -0.4 is 5.32 Å². The van der Waals surface area contributed by atoms with Crippen molar-refractivity contribution < 1.29 is 19.6 Å². The number of hydrogen-bond acceptors (Lipinski definition) is 5. The number of carboxylic acids is 1. The monoisotopic (exact) mass is 294 g/mol. The number of nitro groups is 1. The van der Waals surface area contributed by atoms with Crippen LogP contribution in [0.5, 0.6) is 0 Å². The number of hydrogen-bond donors (Lipinski definition) is 2. The molecule has 0 bridgehead atoms. The van der Waals surface area contributed by atoms with Crippen LogP contribution in [0.2, 0.25) is 0 Å². The minimum absolute atomic E-state index is 0.0574. The summed E-state index contributed by atoms with van der Waals surface area (Å²) in [6.45, 7) is 4.07. The molecule has 2 atom stereocenters. The van der Waals surface area contributed by atoms with Gasteiger partial charge in [-0.3, -0.25) is 10.1 Å². The molecule has 0 aromatic heterocycles. The molecule has 1 aliphatic carbocycles. The van der Waals surface area contributed by atoms with Gasteiger partial charge in [0.15, 0.2) is 0 Å². The minimum Gasteiger partial charge on any atom is -0.478 e. The first-order chi connectivity index (χ1) is 9.77. The number of rotatable bonds is 5. The Balaban J connectivity index is 2.25. The summed E-state index contributed by atoms with van der Waals surface area (Å²) in [6, 6.07) is 3.87. The van der Waals surface area contributed by atoms with Crippen molar-refractivity contribution in [2.24, 2.45) is 5.41 Å². The third-order valence-electron chi connectivity index (χ3n) is 4.24. The van der Waals surface area contributed by atoms with Crippen LogP contribution in [0.3, 0.4) is 0 Å². The molecule has 7 heteroatoms. The number of carboxylic acid groups (broad SMARTS) is 1. The molecular weight excluding hydrogens is 276 g/mol. The first-order valence-corrected chi connectivity index (χ1v) is 6.58. The highest BCUT2D eigenvalue weighted by molar-refractivity contribution is 5.95. The van der Waals surface area contributed by atoms with E-state index >= 15 is 0 Å². The van der Waals surface area contributed by atoms with E-state index in [0.717, 1.165) is 12.5 Å². The highest BCUT2D eigenvalue weighted by atomic mass is 16.6. The van der Waals surface area contributed by atoms with E-state index in [-0.39, 0.29) is 28.8 Å². The van der Waals surface area contributed by atoms with E-state index in [1.165, 1.54) is 12.1 Å². The Hall–Kier alpha value is -2.15. The third kappa shape index (κ3) is 2.69. The smallest absolute Gasteiger partial charge is 0.338 e. The molecule has 0 spiro atoms. The molecule has 1 fully saturated rings. The van der Waals surface area contributed by atoms with Crippen molar-refractivity contribution in [2.45, 2.75) is 32.4 Å².